The van der Waals surface area contributed by atoms with Crippen molar-refractivity contribution in [3.63, 3.8) is 0 Å². The number of amides is 3. The van der Waals surface area contributed by atoms with Gasteiger partial charge in [-0.1, -0.05) is 26.0 Å². The van der Waals surface area contributed by atoms with Crippen molar-refractivity contribution in [3.05, 3.63) is 59.2 Å². The van der Waals surface area contributed by atoms with E-state index in [2.05, 4.69) is 5.32 Å². The van der Waals surface area contributed by atoms with Gasteiger partial charge >= 0.3 is 12.2 Å². The summed E-state index contributed by atoms with van der Waals surface area (Å²) in [6.07, 6.45) is -1.59. The summed E-state index contributed by atoms with van der Waals surface area (Å²) < 4.78 is 46.1. The summed E-state index contributed by atoms with van der Waals surface area (Å²) in [4.78, 5) is 29.0. The Labute approximate surface area is 226 Å². The Morgan fingerprint density at radius 1 is 1.15 bits per heavy atom. The van der Waals surface area contributed by atoms with Gasteiger partial charge in [0.2, 0.25) is 5.91 Å². The number of alkyl halides is 3. The Hall–Kier alpha value is -3.53. The average Bonchev–Trinajstić information content (AvgIpc) is 2.85. The van der Waals surface area contributed by atoms with E-state index in [-0.39, 0.29) is 18.3 Å². The van der Waals surface area contributed by atoms with E-state index in [1.54, 1.807) is 37.9 Å². The Kier molecular flexibility index (Phi) is 7.46. The molecule has 0 saturated carbocycles. The molecule has 3 amide bonds. The molecular formula is C29H34F3N3O4. The van der Waals surface area contributed by atoms with Crippen LogP contribution in [0.3, 0.4) is 0 Å². The van der Waals surface area contributed by atoms with E-state index in [0.29, 0.717) is 48.3 Å². The van der Waals surface area contributed by atoms with Crippen LogP contribution in [0.2, 0.25) is 0 Å². The molecule has 0 radical (unpaired) electrons. The molecule has 2 N–H and O–H groups in total. The maximum Gasteiger partial charge on any atom is 0.416 e. The molecule has 10 heteroatoms. The van der Waals surface area contributed by atoms with Crippen LogP contribution in [-0.4, -0.2) is 46.7 Å². The van der Waals surface area contributed by atoms with Gasteiger partial charge in [0.05, 0.1) is 23.4 Å². The van der Waals surface area contributed by atoms with Crippen LogP contribution in [0.5, 0.6) is 5.75 Å². The van der Waals surface area contributed by atoms with Gasteiger partial charge in [-0.15, -0.1) is 0 Å². The number of rotatable bonds is 6. The molecule has 0 spiro atoms. The van der Waals surface area contributed by atoms with E-state index < -0.39 is 28.8 Å². The molecule has 0 atom stereocenters. The van der Waals surface area contributed by atoms with Crippen molar-refractivity contribution in [2.24, 2.45) is 0 Å². The van der Waals surface area contributed by atoms with Gasteiger partial charge in [0, 0.05) is 37.3 Å². The van der Waals surface area contributed by atoms with E-state index in [1.165, 1.54) is 17.0 Å². The number of urea groups is 1. The largest absolute Gasteiger partial charge is 0.486 e. The SMILES string of the molecule is CCC1(CC)CC(=CC(=O)Nc2ccc3c(c2)N(C)C(=O)N(CC(C)(C)O)C3)c2ccc(C(F)(F)F)cc2O1. The molecule has 0 aromatic heterocycles. The molecule has 2 heterocycles. The van der Waals surface area contributed by atoms with Crippen LogP contribution in [0.1, 0.15) is 63.6 Å². The van der Waals surface area contributed by atoms with Crippen LogP contribution in [-0.2, 0) is 17.5 Å². The summed E-state index contributed by atoms with van der Waals surface area (Å²) in [6.45, 7) is 7.60. The highest BCUT2D eigenvalue weighted by molar-refractivity contribution is 6.05. The van der Waals surface area contributed by atoms with Crippen molar-refractivity contribution in [2.45, 2.75) is 70.9 Å². The van der Waals surface area contributed by atoms with Crippen molar-refractivity contribution < 1.29 is 32.6 Å². The first-order valence-electron chi connectivity index (χ1n) is 12.9. The highest BCUT2D eigenvalue weighted by Crippen LogP contribution is 2.45. The molecule has 0 fully saturated rings. The van der Waals surface area contributed by atoms with Crippen molar-refractivity contribution >= 4 is 28.9 Å². The number of hydrogen-bond donors (Lipinski definition) is 2. The number of ether oxygens (including phenoxy) is 1. The minimum absolute atomic E-state index is 0.114. The highest BCUT2D eigenvalue weighted by atomic mass is 19.4. The van der Waals surface area contributed by atoms with Gasteiger partial charge in [-0.3, -0.25) is 9.69 Å². The van der Waals surface area contributed by atoms with E-state index in [4.69, 9.17) is 4.74 Å². The first kappa shape index (κ1) is 28.5. The van der Waals surface area contributed by atoms with Gasteiger partial charge in [-0.25, -0.2) is 4.79 Å². The molecule has 2 aromatic carbocycles. The lowest BCUT2D eigenvalue weighted by molar-refractivity contribution is -0.137. The molecule has 0 saturated heterocycles. The van der Waals surface area contributed by atoms with Crippen molar-refractivity contribution in [3.8, 4) is 5.75 Å². The fourth-order valence-corrected chi connectivity index (χ4v) is 5.14. The number of β-amino-alcohol motifs (C(OH)–C–C–N with tert-alkyl or cyclic N) is 1. The molecule has 210 valence electrons. The number of carbonyl (C=O) groups excluding carboxylic acids is 2. The van der Waals surface area contributed by atoms with Crippen LogP contribution in [0.25, 0.3) is 5.57 Å². The normalized spacial score (nSPS) is 18.0. The summed E-state index contributed by atoms with van der Waals surface area (Å²) in [6, 6.07) is 8.35. The Morgan fingerprint density at radius 2 is 1.85 bits per heavy atom. The predicted octanol–water partition coefficient (Wildman–Crippen LogP) is 6.21. The van der Waals surface area contributed by atoms with Gasteiger partial charge in [0.1, 0.15) is 11.4 Å². The van der Waals surface area contributed by atoms with Crippen molar-refractivity contribution in [1.29, 1.82) is 0 Å². The minimum atomic E-state index is -4.51. The standard InChI is InChI=1S/C29H34F3N3O4/c1-6-28(7-2)15-19(22-11-9-20(29(30,31)32)13-24(22)39-28)12-25(36)33-21-10-8-18-16-35(17-27(3,4)38)26(37)34(5)23(18)14-21/h8-14,38H,6-7,15-17H2,1-5H3,(H,33,36). The molecule has 2 aromatic rings. The fourth-order valence-electron chi connectivity index (χ4n) is 5.14. The maximum atomic E-state index is 13.4. The lowest BCUT2D eigenvalue weighted by atomic mass is 9.83. The first-order valence-corrected chi connectivity index (χ1v) is 12.9. The number of hydrogen-bond acceptors (Lipinski definition) is 4. The molecule has 7 nitrogen and oxygen atoms in total. The lowest BCUT2D eigenvalue weighted by Gasteiger charge is -2.39. The molecule has 0 bridgehead atoms. The third-order valence-electron chi connectivity index (χ3n) is 7.30. The molecular weight excluding hydrogens is 511 g/mol. The van der Waals surface area contributed by atoms with Gasteiger partial charge in [-0.2, -0.15) is 13.2 Å². The Balaban J connectivity index is 1.60. The number of halogens is 3. The first-order chi connectivity index (χ1) is 18.1. The molecule has 2 aliphatic heterocycles. The Morgan fingerprint density at radius 3 is 2.46 bits per heavy atom. The number of benzene rings is 2. The van der Waals surface area contributed by atoms with Crippen molar-refractivity contribution in [2.75, 3.05) is 23.8 Å². The smallest absolute Gasteiger partial charge is 0.416 e. The topological polar surface area (TPSA) is 82.1 Å². The molecule has 4 rings (SSSR count). The average molecular weight is 546 g/mol. The van der Waals surface area contributed by atoms with Gasteiger partial charge < -0.3 is 20.1 Å². The number of aliphatic hydroxyl groups is 1. The second-order valence-corrected chi connectivity index (χ2v) is 10.9. The second-order valence-electron chi connectivity index (χ2n) is 10.9. The van der Waals surface area contributed by atoms with E-state index >= 15 is 0 Å². The Bertz CT molecular complexity index is 1310. The minimum Gasteiger partial charge on any atom is -0.486 e. The number of nitrogens with one attached hydrogen (secondary N) is 1. The lowest BCUT2D eigenvalue weighted by Crippen LogP contribution is -2.50. The van der Waals surface area contributed by atoms with Crippen molar-refractivity contribution in [1.82, 2.24) is 4.90 Å². The quantitative estimate of drug-likeness (QED) is 0.423. The van der Waals surface area contributed by atoms with Gasteiger partial charge in [-0.05, 0) is 62.1 Å². The van der Waals surface area contributed by atoms with E-state index in [9.17, 15) is 27.9 Å². The zero-order chi connectivity index (χ0) is 28.8. The van der Waals surface area contributed by atoms with Crippen LogP contribution >= 0.6 is 0 Å². The summed E-state index contributed by atoms with van der Waals surface area (Å²) in [5.74, 6) is -0.324. The maximum absolute atomic E-state index is 13.4. The zero-order valence-electron chi connectivity index (χ0n) is 22.8. The summed E-state index contributed by atoms with van der Waals surface area (Å²) in [7, 11) is 1.63. The zero-order valence-corrected chi connectivity index (χ0v) is 22.8. The second kappa shape index (κ2) is 10.2. The van der Waals surface area contributed by atoms with Crippen LogP contribution in [0.15, 0.2) is 42.5 Å². The number of carbonyl (C=O) groups is 2. The molecule has 0 unspecified atom stereocenters. The van der Waals surface area contributed by atoms with Crippen LogP contribution in [0, 0.1) is 0 Å². The van der Waals surface area contributed by atoms with Crippen LogP contribution in [0.4, 0.5) is 29.3 Å². The number of nitrogens with zero attached hydrogens (tertiary/aromatic N) is 2. The van der Waals surface area contributed by atoms with Gasteiger partial charge in [0.15, 0.2) is 0 Å². The van der Waals surface area contributed by atoms with E-state index in [0.717, 1.165) is 17.7 Å². The summed E-state index contributed by atoms with van der Waals surface area (Å²) >= 11 is 0. The predicted molar refractivity (Wildman–Crippen MR) is 144 cm³/mol. The highest BCUT2D eigenvalue weighted by Gasteiger charge is 2.38. The summed E-state index contributed by atoms with van der Waals surface area (Å²) in [5.41, 5.74) is 0.478. The molecule has 39 heavy (non-hydrogen) atoms. The fraction of sp³-hybridized carbons (Fsp3) is 0.448. The molecule has 0 aliphatic carbocycles. The number of fused-ring (bicyclic) bond motifs is 2. The van der Waals surface area contributed by atoms with Crippen LogP contribution < -0.4 is 15.0 Å². The van der Waals surface area contributed by atoms with Gasteiger partial charge in [0.25, 0.3) is 0 Å². The molecule has 2 aliphatic rings. The number of anilines is 2. The third kappa shape index (κ3) is 6.06. The monoisotopic (exact) mass is 545 g/mol. The summed E-state index contributed by atoms with van der Waals surface area (Å²) in [5, 5.41) is 13.0. The third-order valence-corrected chi connectivity index (χ3v) is 7.30. The van der Waals surface area contributed by atoms with E-state index in [1.807, 2.05) is 19.9 Å².